The molecule has 0 aliphatic heterocycles. The van der Waals surface area contributed by atoms with Gasteiger partial charge in [-0.15, -0.1) is 0 Å². The normalized spacial score (nSPS) is 9.54. The summed E-state index contributed by atoms with van der Waals surface area (Å²) in [4.78, 5) is 7.46. The molecule has 0 fully saturated rings. The second-order valence-electron chi connectivity index (χ2n) is 2.82. The summed E-state index contributed by atoms with van der Waals surface area (Å²) in [5.41, 5.74) is 4.71. The van der Waals surface area contributed by atoms with Crippen LogP contribution in [-0.2, 0) is 0 Å². The van der Waals surface area contributed by atoms with Gasteiger partial charge in [0.25, 0.3) is 0 Å². The third-order valence-corrected chi connectivity index (χ3v) is 1.97. The van der Waals surface area contributed by atoms with Gasteiger partial charge < -0.3 is 4.98 Å². The number of H-pyrrole nitrogens is 1. The summed E-state index contributed by atoms with van der Waals surface area (Å²) in [5.74, 6) is 0. The SMILES string of the molecule is CC.Cc1c[nH]c2c(C)ccnc12. The Balaban J connectivity index is 0.000000396. The van der Waals surface area contributed by atoms with Gasteiger partial charge in [-0.25, -0.2) is 0 Å². The number of aryl methyl sites for hydroxylation is 2. The van der Waals surface area contributed by atoms with Gasteiger partial charge in [0.15, 0.2) is 0 Å². The molecule has 0 radical (unpaired) electrons. The van der Waals surface area contributed by atoms with Gasteiger partial charge in [0, 0.05) is 12.4 Å². The number of rotatable bonds is 0. The van der Waals surface area contributed by atoms with Crippen molar-refractivity contribution in [2.45, 2.75) is 27.7 Å². The first kappa shape index (κ1) is 9.78. The zero-order valence-corrected chi connectivity index (χ0v) is 8.68. The van der Waals surface area contributed by atoms with Crippen LogP contribution in [-0.4, -0.2) is 9.97 Å². The van der Waals surface area contributed by atoms with Crippen LogP contribution in [0.3, 0.4) is 0 Å². The van der Waals surface area contributed by atoms with Crippen LogP contribution in [0, 0.1) is 13.8 Å². The minimum absolute atomic E-state index is 1.09. The van der Waals surface area contributed by atoms with Crippen molar-refractivity contribution in [2.75, 3.05) is 0 Å². The fourth-order valence-corrected chi connectivity index (χ4v) is 1.29. The molecule has 0 spiro atoms. The number of pyridine rings is 1. The zero-order valence-electron chi connectivity index (χ0n) is 8.68. The highest BCUT2D eigenvalue weighted by atomic mass is 14.8. The van der Waals surface area contributed by atoms with Crippen LogP contribution in [0.1, 0.15) is 25.0 Å². The minimum atomic E-state index is 1.09. The Morgan fingerprint density at radius 1 is 1.15 bits per heavy atom. The summed E-state index contributed by atoms with van der Waals surface area (Å²) in [5, 5.41) is 0. The number of fused-ring (bicyclic) bond motifs is 1. The smallest absolute Gasteiger partial charge is 0.0910 e. The van der Waals surface area contributed by atoms with Gasteiger partial charge in [0.2, 0.25) is 0 Å². The van der Waals surface area contributed by atoms with Crippen molar-refractivity contribution in [3.8, 4) is 0 Å². The molecule has 0 aliphatic carbocycles. The summed E-state index contributed by atoms with van der Waals surface area (Å²) >= 11 is 0. The number of hydrogen-bond donors (Lipinski definition) is 1. The molecular formula is C11H16N2. The van der Waals surface area contributed by atoms with Gasteiger partial charge in [0.1, 0.15) is 0 Å². The van der Waals surface area contributed by atoms with Crippen molar-refractivity contribution in [1.29, 1.82) is 0 Å². The summed E-state index contributed by atoms with van der Waals surface area (Å²) < 4.78 is 0. The van der Waals surface area contributed by atoms with E-state index >= 15 is 0 Å². The van der Waals surface area contributed by atoms with E-state index in [1.54, 1.807) is 0 Å². The topological polar surface area (TPSA) is 28.7 Å². The summed E-state index contributed by atoms with van der Waals surface area (Å²) in [6.45, 7) is 8.14. The lowest BCUT2D eigenvalue weighted by atomic mass is 10.2. The molecule has 2 rings (SSSR count). The quantitative estimate of drug-likeness (QED) is 0.656. The lowest BCUT2D eigenvalue weighted by Crippen LogP contribution is -1.79. The maximum Gasteiger partial charge on any atom is 0.0910 e. The molecule has 0 saturated heterocycles. The Kier molecular flexibility index (Phi) is 3.07. The van der Waals surface area contributed by atoms with Crippen LogP contribution in [0.5, 0.6) is 0 Å². The molecule has 0 aliphatic rings. The molecule has 13 heavy (non-hydrogen) atoms. The molecule has 2 heterocycles. The Labute approximate surface area is 79.0 Å². The Morgan fingerprint density at radius 3 is 2.46 bits per heavy atom. The van der Waals surface area contributed by atoms with Crippen LogP contribution in [0.4, 0.5) is 0 Å². The van der Waals surface area contributed by atoms with E-state index in [1.165, 1.54) is 11.1 Å². The van der Waals surface area contributed by atoms with Gasteiger partial charge in [0.05, 0.1) is 11.0 Å². The third kappa shape index (κ3) is 1.72. The summed E-state index contributed by atoms with van der Waals surface area (Å²) in [6.07, 6.45) is 3.84. The van der Waals surface area contributed by atoms with E-state index < -0.39 is 0 Å². The largest absolute Gasteiger partial charge is 0.359 e. The van der Waals surface area contributed by atoms with E-state index in [2.05, 4.69) is 23.8 Å². The third-order valence-electron chi connectivity index (χ3n) is 1.97. The molecule has 0 saturated carbocycles. The lowest BCUT2D eigenvalue weighted by molar-refractivity contribution is 1.35. The first-order chi connectivity index (χ1) is 6.29. The van der Waals surface area contributed by atoms with Crippen molar-refractivity contribution in [3.63, 3.8) is 0 Å². The van der Waals surface area contributed by atoms with Crippen LogP contribution in [0.25, 0.3) is 11.0 Å². The maximum atomic E-state index is 4.27. The predicted molar refractivity (Wildman–Crippen MR) is 56.9 cm³/mol. The second kappa shape index (κ2) is 4.08. The van der Waals surface area contributed by atoms with Crippen LogP contribution in [0.2, 0.25) is 0 Å². The second-order valence-corrected chi connectivity index (χ2v) is 2.82. The summed E-state index contributed by atoms with van der Waals surface area (Å²) in [7, 11) is 0. The van der Waals surface area contributed by atoms with Gasteiger partial charge in [-0.3, -0.25) is 4.98 Å². The van der Waals surface area contributed by atoms with Gasteiger partial charge >= 0.3 is 0 Å². The number of nitrogens with zero attached hydrogens (tertiary/aromatic N) is 1. The predicted octanol–water partition coefficient (Wildman–Crippen LogP) is 3.21. The first-order valence-electron chi connectivity index (χ1n) is 4.68. The molecule has 70 valence electrons. The lowest BCUT2D eigenvalue weighted by Gasteiger charge is -1.93. The van der Waals surface area contributed by atoms with E-state index in [-0.39, 0.29) is 0 Å². The maximum absolute atomic E-state index is 4.27. The van der Waals surface area contributed by atoms with Gasteiger partial charge in [-0.05, 0) is 31.0 Å². The Morgan fingerprint density at radius 2 is 1.85 bits per heavy atom. The number of nitrogens with one attached hydrogen (secondary N) is 1. The van der Waals surface area contributed by atoms with Crippen molar-refractivity contribution in [1.82, 2.24) is 9.97 Å². The van der Waals surface area contributed by atoms with Crippen molar-refractivity contribution < 1.29 is 0 Å². The highest BCUT2D eigenvalue weighted by molar-refractivity contribution is 5.81. The monoisotopic (exact) mass is 176 g/mol. The number of aromatic nitrogens is 2. The van der Waals surface area contributed by atoms with Crippen molar-refractivity contribution >= 4 is 11.0 Å². The molecule has 1 N–H and O–H groups in total. The molecular weight excluding hydrogens is 160 g/mol. The molecule has 2 aromatic heterocycles. The standard InChI is InChI=1S/C9H10N2.C2H6/c1-6-3-4-10-9-7(2)5-11-8(6)9;1-2/h3-5,11H,1-2H3;1-2H3. The zero-order chi connectivity index (χ0) is 9.84. The van der Waals surface area contributed by atoms with Gasteiger partial charge in [-0.1, -0.05) is 13.8 Å². The van der Waals surface area contributed by atoms with Crippen LogP contribution >= 0.6 is 0 Å². The van der Waals surface area contributed by atoms with Crippen molar-refractivity contribution in [3.05, 3.63) is 29.6 Å². The molecule has 2 aromatic rings. The number of aromatic amines is 1. The fourth-order valence-electron chi connectivity index (χ4n) is 1.29. The highest BCUT2D eigenvalue weighted by Crippen LogP contribution is 2.16. The Hall–Kier alpha value is -1.31. The van der Waals surface area contributed by atoms with E-state index in [0.717, 1.165) is 11.0 Å². The summed E-state index contributed by atoms with van der Waals surface area (Å²) in [6, 6.07) is 2.01. The number of hydrogen-bond acceptors (Lipinski definition) is 1. The highest BCUT2D eigenvalue weighted by Gasteiger charge is 2.00. The van der Waals surface area contributed by atoms with Gasteiger partial charge in [-0.2, -0.15) is 0 Å². The molecule has 0 aromatic carbocycles. The molecule has 0 unspecified atom stereocenters. The van der Waals surface area contributed by atoms with Crippen LogP contribution in [0.15, 0.2) is 18.5 Å². The van der Waals surface area contributed by atoms with E-state index in [0.29, 0.717) is 0 Å². The fraction of sp³-hybridized carbons (Fsp3) is 0.364. The Bertz CT molecular complexity index is 388. The first-order valence-corrected chi connectivity index (χ1v) is 4.68. The molecule has 0 bridgehead atoms. The molecule has 2 heteroatoms. The van der Waals surface area contributed by atoms with Crippen LogP contribution < -0.4 is 0 Å². The molecule has 0 atom stereocenters. The van der Waals surface area contributed by atoms with E-state index in [1.807, 2.05) is 32.3 Å². The van der Waals surface area contributed by atoms with Crippen molar-refractivity contribution in [2.24, 2.45) is 0 Å². The molecule has 0 amide bonds. The average molecular weight is 176 g/mol. The molecule has 2 nitrogen and oxygen atoms in total. The average Bonchev–Trinajstić information content (AvgIpc) is 2.53. The minimum Gasteiger partial charge on any atom is -0.359 e. The van der Waals surface area contributed by atoms with E-state index in [4.69, 9.17) is 0 Å². The van der Waals surface area contributed by atoms with E-state index in [9.17, 15) is 0 Å².